The molecule has 0 spiro atoms. The van der Waals surface area contributed by atoms with Crippen LogP contribution < -0.4 is 16.4 Å². The van der Waals surface area contributed by atoms with Crippen LogP contribution in [0, 0.1) is 0 Å². The SMILES string of the molecule is Cl.NC(=O)c1ccc(CNC(=O)NC[C@H]2CN(Cc3ccc(Cl)c(Cl)c3)CCO2)cc1. The molecule has 1 heterocycles. The monoisotopic (exact) mass is 486 g/mol. The van der Waals surface area contributed by atoms with Crippen LogP contribution in [0.3, 0.4) is 0 Å². The highest BCUT2D eigenvalue weighted by Crippen LogP contribution is 2.23. The van der Waals surface area contributed by atoms with Gasteiger partial charge in [-0.2, -0.15) is 0 Å². The molecule has 0 unspecified atom stereocenters. The van der Waals surface area contributed by atoms with Crippen LogP contribution in [0.15, 0.2) is 42.5 Å². The van der Waals surface area contributed by atoms with Crippen LogP contribution in [-0.4, -0.2) is 49.2 Å². The van der Waals surface area contributed by atoms with E-state index in [2.05, 4.69) is 15.5 Å². The molecule has 10 heteroatoms. The number of carbonyl (C=O) groups excluding carboxylic acids is 2. The van der Waals surface area contributed by atoms with Gasteiger partial charge in [0.05, 0.1) is 22.8 Å². The number of rotatable bonds is 7. The first-order valence-corrected chi connectivity index (χ1v) is 10.3. The van der Waals surface area contributed by atoms with Crippen molar-refractivity contribution in [3.63, 3.8) is 0 Å². The van der Waals surface area contributed by atoms with Crippen LogP contribution in [0.4, 0.5) is 4.79 Å². The van der Waals surface area contributed by atoms with Gasteiger partial charge in [-0.05, 0) is 35.4 Å². The molecule has 1 fully saturated rings. The number of nitrogens with zero attached hydrogens (tertiary/aromatic N) is 1. The third-order valence-corrected chi connectivity index (χ3v) is 5.53. The van der Waals surface area contributed by atoms with Gasteiger partial charge >= 0.3 is 6.03 Å². The van der Waals surface area contributed by atoms with E-state index in [-0.39, 0.29) is 24.5 Å². The standard InChI is InChI=1S/C21H24Cl2N4O3.ClH/c22-18-6-3-15(9-19(18)23)12-27-7-8-30-17(13-27)11-26-21(29)25-10-14-1-4-16(5-2-14)20(24)28;/h1-6,9,17H,7-8,10-13H2,(H2,24,28)(H2,25,26,29);1H/t17-;/m0./s1. The summed E-state index contributed by atoms with van der Waals surface area (Å²) in [5.41, 5.74) is 7.60. The van der Waals surface area contributed by atoms with Crippen molar-refractivity contribution in [3.05, 3.63) is 69.2 Å². The molecule has 2 aromatic rings. The van der Waals surface area contributed by atoms with Crippen LogP contribution in [0.1, 0.15) is 21.5 Å². The molecule has 31 heavy (non-hydrogen) atoms. The number of hydrogen-bond donors (Lipinski definition) is 3. The van der Waals surface area contributed by atoms with Gasteiger partial charge < -0.3 is 21.1 Å². The number of hydrogen-bond acceptors (Lipinski definition) is 4. The molecule has 0 radical (unpaired) electrons. The molecule has 4 N–H and O–H groups in total. The largest absolute Gasteiger partial charge is 0.374 e. The quantitative estimate of drug-likeness (QED) is 0.559. The van der Waals surface area contributed by atoms with Crippen molar-refractivity contribution in [1.29, 1.82) is 0 Å². The molecule has 1 aliphatic rings. The zero-order valence-corrected chi connectivity index (χ0v) is 19.1. The maximum atomic E-state index is 12.1. The number of ether oxygens (including phenoxy) is 1. The predicted molar refractivity (Wildman–Crippen MR) is 124 cm³/mol. The summed E-state index contributed by atoms with van der Waals surface area (Å²) in [6.07, 6.45) is -0.0953. The molecule has 0 saturated carbocycles. The lowest BCUT2D eigenvalue weighted by Gasteiger charge is -2.33. The van der Waals surface area contributed by atoms with Crippen LogP contribution in [0.25, 0.3) is 0 Å². The summed E-state index contributed by atoms with van der Waals surface area (Å²) in [6.45, 7) is 3.61. The summed E-state index contributed by atoms with van der Waals surface area (Å²) >= 11 is 12.1. The Labute approximate surface area is 197 Å². The Morgan fingerprint density at radius 2 is 1.77 bits per heavy atom. The maximum absolute atomic E-state index is 12.1. The van der Waals surface area contributed by atoms with Gasteiger partial charge in [-0.1, -0.05) is 41.4 Å². The average Bonchev–Trinajstić information content (AvgIpc) is 2.74. The molecule has 0 bridgehead atoms. The molecule has 3 amide bonds. The second kappa shape index (κ2) is 12.1. The van der Waals surface area contributed by atoms with Crippen molar-refractivity contribution in [2.45, 2.75) is 19.2 Å². The zero-order valence-electron chi connectivity index (χ0n) is 16.8. The van der Waals surface area contributed by atoms with Gasteiger partial charge in [0.2, 0.25) is 5.91 Å². The van der Waals surface area contributed by atoms with E-state index >= 15 is 0 Å². The fraction of sp³-hybridized carbons (Fsp3) is 0.333. The number of urea groups is 1. The average molecular weight is 488 g/mol. The molecular weight excluding hydrogens is 463 g/mol. The first-order chi connectivity index (χ1) is 14.4. The number of primary amides is 1. The summed E-state index contributed by atoms with van der Waals surface area (Å²) < 4.78 is 5.76. The Kier molecular flexibility index (Phi) is 9.87. The van der Waals surface area contributed by atoms with Crippen LogP contribution in [0.2, 0.25) is 10.0 Å². The highest BCUT2D eigenvalue weighted by molar-refractivity contribution is 6.42. The van der Waals surface area contributed by atoms with Crippen molar-refractivity contribution in [1.82, 2.24) is 15.5 Å². The number of carbonyl (C=O) groups is 2. The summed E-state index contributed by atoms with van der Waals surface area (Å²) in [5.74, 6) is -0.479. The molecule has 7 nitrogen and oxygen atoms in total. The lowest BCUT2D eigenvalue weighted by molar-refractivity contribution is -0.0287. The predicted octanol–water partition coefficient (Wildman–Crippen LogP) is 3.21. The van der Waals surface area contributed by atoms with Gasteiger partial charge in [0, 0.05) is 38.3 Å². The molecule has 1 atom stereocenters. The molecule has 2 aromatic carbocycles. The van der Waals surface area contributed by atoms with E-state index in [1.807, 2.05) is 12.1 Å². The molecule has 3 rings (SSSR count). The zero-order chi connectivity index (χ0) is 21.5. The van der Waals surface area contributed by atoms with E-state index in [0.29, 0.717) is 41.8 Å². The van der Waals surface area contributed by atoms with Gasteiger partial charge in [0.1, 0.15) is 0 Å². The van der Waals surface area contributed by atoms with Crippen molar-refractivity contribution in [2.24, 2.45) is 5.73 Å². The van der Waals surface area contributed by atoms with Crippen molar-refractivity contribution >= 4 is 47.5 Å². The first kappa shape index (κ1) is 25.2. The molecule has 1 aliphatic heterocycles. The molecular formula is C21H25Cl3N4O3. The second-order valence-corrected chi connectivity index (χ2v) is 7.92. The molecule has 0 aliphatic carbocycles. The Balaban J connectivity index is 0.00000341. The van der Waals surface area contributed by atoms with Gasteiger partial charge in [-0.3, -0.25) is 9.69 Å². The summed E-state index contributed by atoms with van der Waals surface area (Å²) in [5, 5.41) is 6.71. The van der Waals surface area contributed by atoms with E-state index in [0.717, 1.165) is 24.2 Å². The van der Waals surface area contributed by atoms with Crippen LogP contribution in [-0.2, 0) is 17.8 Å². The third kappa shape index (κ3) is 7.87. The Bertz CT molecular complexity index is 896. The van der Waals surface area contributed by atoms with Crippen LogP contribution >= 0.6 is 35.6 Å². The van der Waals surface area contributed by atoms with Gasteiger partial charge in [0.15, 0.2) is 0 Å². The maximum Gasteiger partial charge on any atom is 0.315 e. The number of halogens is 3. The minimum atomic E-state index is -0.479. The summed E-state index contributed by atoms with van der Waals surface area (Å²) in [6, 6.07) is 12.1. The van der Waals surface area contributed by atoms with E-state index in [1.54, 1.807) is 30.3 Å². The Morgan fingerprint density at radius 3 is 2.45 bits per heavy atom. The summed E-state index contributed by atoms with van der Waals surface area (Å²) in [4.78, 5) is 25.4. The smallest absolute Gasteiger partial charge is 0.315 e. The number of benzene rings is 2. The Hall–Kier alpha value is -2.03. The van der Waals surface area contributed by atoms with Gasteiger partial charge in [-0.15, -0.1) is 12.4 Å². The molecule has 168 valence electrons. The lowest BCUT2D eigenvalue weighted by Crippen LogP contribution is -2.48. The van der Waals surface area contributed by atoms with Crippen LogP contribution in [0.5, 0.6) is 0 Å². The number of nitrogens with one attached hydrogen (secondary N) is 2. The van der Waals surface area contributed by atoms with E-state index in [4.69, 9.17) is 33.7 Å². The lowest BCUT2D eigenvalue weighted by atomic mass is 10.1. The molecule has 1 saturated heterocycles. The first-order valence-electron chi connectivity index (χ1n) is 9.59. The van der Waals surface area contributed by atoms with Crippen molar-refractivity contribution in [2.75, 3.05) is 26.2 Å². The van der Waals surface area contributed by atoms with E-state index < -0.39 is 5.91 Å². The van der Waals surface area contributed by atoms with Crippen molar-refractivity contribution in [3.8, 4) is 0 Å². The number of amides is 3. The fourth-order valence-corrected chi connectivity index (χ4v) is 3.50. The second-order valence-electron chi connectivity index (χ2n) is 7.10. The molecule has 0 aromatic heterocycles. The Morgan fingerprint density at radius 1 is 1.06 bits per heavy atom. The minimum Gasteiger partial charge on any atom is -0.374 e. The fourth-order valence-electron chi connectivity index (χ4n) is 3.18. The summed E-state index contributed by atoms with van der Waals surface area (Å²) in [7, 11) is 0. The normalized spacial score (nSPS) is 16.3. The third-order valence-electron chi connectivity index (χ3n) is 4.79. The highest BCUT2D eigenvalue weighted by Gasteiger charge is 2.21. The minimum absolute atomic E-state index is 0. The highest BCUT2D eigenvalue weighted by atomic mass is 35.5. The van der Waals surface area contributed by atoms with E-state index in [9.17, 15) is 9.59 Å². The number of nitrogens with two attached hydrogens (primary N) is 1. The van der Waals surface area contributed by atoms with Crippen molar-refractivity contribution < 1.29 is 14.3 Å². The number of morpholine rings is 1. The van der Waals surface area contributed by atoms with Gasteiger partial charge in [-0.25, -0.2) is 4.79 Å². The van der Waals surface area contributed by atoms with E-state index in [1.165, 1.54) is 0 Å². The van der Waals surface area contributed by atoms with Gasteiger partial charge in [0.25, 0.3) is 0 Å². The topological polar surface area (TPSA) is 96.7 Å².